The van der Waals surface area contributed by atoms with Crippen molar-refractivity contribution in [1.82, 2.24) is 10.6 Å². The van der Waals surface area contributed by atoms with Crippen LogP contribution in [0, 0.1) is 0 Å². The zero-order valence-corrected chi connectivity index (χ0v) is 15.4. The maximum atomic E-state index is 12.0. The second-order valence-corrected chi connectivity index (χ2v) is 7.01. The van der Waals surface area contributed by atoms with Gasteiger partial charge in [0.15, 0.2) is 0 Å². The standard InChI is InChI=1S/C15H25N3O3S.ClH/c1-4-10-22(20,21)18-14-8-6-13(7-9-14)15(19)17-11-12(3)16-5-2;/h6-9,12,16,18H,4-5,10-11H2,1-3H3,(H,17,19);1H/t12-;/m1./s1. The normalized spacial score (nSPS) is 12.1. The highest BCUT2D eigenvalue weighted by Crippen LogP contribution is 2.12. The van der Waals surface area contributed by atoms with E-state index in [1.165, 1.54) is 0 Å². The quantitative estimate of drug-likeness (QED) is 0.626. The van der Waals surface area contributed by atoms with Gasteiger partial charge in [-0.05, 0) is 44.2 Å². The third kappa shape index (κ3) is 8.20. The molecule has 0 unspecified atom stereocenters. The van der Waals surface area contributed by atoms with Crippen molar-refractivity contribution in [3.8, 4) is 0 Å². The van der Waals surface area contributed by atoms with E-state index in [9.17, 15) is 13.2 Å². The Balaban J connectivity index is 0.00000484. The molecule has 8 heteroatoms. The molecule has 3 N–H and O–H groups in total. The summed E-state index contributed by atoms with van der Waals surface area (Å²) in [6.45, 7) is 7.20. The molecular formula is C15H26ClN3O3S. The lowest BCUT2D eigenvalue weighted by atomic mass is 10.2. The molecule has 132 valence electrons. The smallest absolute Gasteiger partial charge is 0.251 e. The van der Waals surface area contributed by atoms with Crippen LogP contribution in [0.1, 0.15) is 37.6 Å². The van der Waals surface area contributed by atoms with Crippen LogP contribution in [0.3, 0.4) is 0 Å². The van der Waals surface area contributed by atoms with Gasteiger partial charge in [0.2, 0.25) is 10.0 Å². The van der Waals surface area contributed by atoms with E-state index >= 15 is 0 Å². The number of carbonyl (C=O) groups excluding carboxylic acids is 1. The Hall–Kier alpha value is -1.31. The molecule has 0 heterocycles. The van der Waals surface area contributed by atoms with Crippen LogP contribution in [-0.2, 0) is 10.0 Å². The molecule has 0 aromatic heterocycles. The molecule has 1 amide bonds. The fraction of sp³-hybridized carbons (Fsp3) is 0.533. The first-order valence-electron chi connectivity index (χ1n) is 7.50. The first-order chi connectivity index (χ1) is 10.4. The molecule has 0 radical (unpaired) electrons. The maximum Gasteiger partial charge on any atom is 0.251 e. The number of benzene rings is 1. The largest absolute Gasteiger partial charge is 0.350 e. The number of amides is 1. The van der Waals surface area contributed by atoms with Crippen molar-refractivity contribution in [2.45, 2.75) is 33.2 Å². The summed E-state index contributed by atoms with van der Waals surface area (Å²) >= 11 is 0. The first-order valence-corrected chi connectivity index (χ1v) is 9.15. The number of carbonyl (C=O) groups is 1. The average molecular weight is 364 g/mol. The minimum atomic E-state index is -3.30. The number of rotatable bonds is 9. The number of halogens is 1. The number of anilines is 1. The molecule has 0 aliphatic heterocycles. The molecule has 0 bridgehead atoms. The van der Waals surface area contributed by atoms with Gasteiger partial charge in [-0.1, -0.05) is 13.8 Å². The second kappa shape index (κ2) is 10.5. The SMILES string of the molecule is CCCS(=O)(=O)Nc1ccc(C(=O)NC[C@@H](C)NCC)cc1.Cl. The van der Waals surface area contributed by atoms with Crippen LogP contribution in [-0.4, -0.2) is 39.2 Å². The van der Waals surface area contributed by atoms with E-state index in [2.05, 4.69) is 15.4 Å². The second-order valence-electron chi connectivity index (χ2n) is 5.17. The zero-order chi connectivity index (χ0) is 16.6. The molecule has 0 aliphatic rings. The minimum absolute atomic E-state index is 0. The van der Waals surface area contributed by atoms with E-state index in [0.29, 0.717) is 24.2 Å². The van der Waals surface area contributed by atoms with Gasteiger partial charge < -0.3 is 10.6 Å². The molecule has 1 aromatic rings. The maximum absolute atomic E-state index is 12.0. The predicted molar refractivity (Wildman–Crippen MR) is 96.9 cm³/mol. The number of hydrogen-bond acceptors (Lipinski definition) is 4. The van der Waals surface area contributed by atoms with E-state index in [1.807, 2.05) is 13.8 Å². The van der Waals surface area contributed by atoms with Crippen molar-refractivity contribution in [2.24, 2.45) is 0 Å². The van der Waals surface area contributed by atoms with Crippen LogP contribution < -0.4 is 15.4 Å². The van der Waals surface area contributed by atoms with Crippen molar-refractivity contribution < 1.29 is 13.2 Å². The molecule has 1 aromatic carbocycles. The van der Waals surface area contributed by atoms with Gasteiger partial charge in [0.1, 0.15) is 0 Å². The lowest BCUT2D eigenvalue weighted by Gasteiger charge is -2.13. The number of hydrogen-bond donors (Lipinski definition) is 3. The third-order valence-electron chi connectivity index (χ3n) is 3.01. The Kier molecular flexibility index (Phi) is 9.87. The summed E-state index contributed by atoms with van der Waals surface area (Å²) in [5, 5.41) is 6.04. The van der Waals surface area contributed by atoms with Gasteiger partial charge in [-0.15, -0.1) is 12.4 Å². The summed E-state index contributed by atoms with van der Waals surface area (Å²) in [6.07, 6.45) is 0.555. The first kappa shape index (κ1) is 21.7. The van der Waals surface area contributed by atoms with Gasteiger partial charge in [0.25, 0.3) is 5.91 Å². The minimum Gasteiger partial charge on any atom is -0.350 e. The van der Waals surface area contributed by atoms with E-state index in [4.69, 9.17) is 0 Å². The topological polar surface area (TPSA) is 87.3 Å². The Morgan fingerprint density at radius 2 is 1.78 bits per heavy atom. The summed E-state index contributed by atoms with van der Waals surface area (Å²) in [5.41, 5.74) is 0.966. The van der Waals surface area contributed by atoms with Crippen molar-refractivity contribution in [3.05, 3.63) is 29.8 Å². The number of nitrogens with one attached hydrogen (secondary N) is 3. The van der Waals surface area contributed by atoms with E-state index in [1.54, 1.807) is 31.2 Å². The van der Waals surface area contributed by atoms with Crippen LogP contribution in [0.25, 0.3) is 0 Å². The van der Waals surface area contributed by atoms with Gasteiger partial charge in [-0.3, -0.25) is 9.52 Å². The molecule has 0 fully saturated rings. The highest BCUT2D eigenvalue weighted by molar-refractivity contribution is 7.92. The van der Waals surface area contributed by atoms with Gasteiger partial charge in [0.05, 0.1) is 5.75 Å². The monoisotopic (exact) mass is 363 g/mol. The van der Waals surface area contributed by atoms with Crippen molar-refractivity contribution in [2.75, 3.05) is 23.6 Å². The summed E-state index contributed by atoms with van der Waals surface area (Å²) < 4.78 is 25.8. The summed E-state index contributed by atoms with van der Waals surface area (Å²) in [5.74, 6) is -0.0925. The Morgan fingerprint density at radius 3 is 2.30 bits per heavy atom. The zero-order valence-electron chi connectivity index (χ0n) is 13.8. The van der Waals surface area contributed by atoms with Gasteiger partial charge in [-0.2, -0.15) is 0 Å². The molecule has 0 saturated heterocycles. The van der Waals surface area contributed by atoms with Crippen molar-refractivity contribution >= 4 is 34.0 Å². The van der Waals surface area contributed by atoms with Crippen LogP contribution in [0.15, 0.2) is 24.3 Å². The molecule has 1 atom stereocenters. The molecule has 23 heavy (non-hydrogen) atoms. The third-order valence-corrected chi connectivity index (χ3v) is 4.51. The van der Waals surface area contributed by atoms with Gasteiger partial charge in [-0.25, -0.2) is 8.42 Å². The lowest BCUT2D eigenvalue weighted by Crippen LogP contribution is -2.38. The predicted octanol–water partition coefficient (Wildman–Crippen LogP) is 1.99. The fourth-order valence-electron chi connectivity index (χ4n) is 1.96. The summed E-state index contributed by atoms with van der Waals surface area (Å²) in [4.78, 5) is 12.0. The Bertz CT molecular complexity index is 576. The highest BCUT2D eigenvalue weighted by Gasteiger charge is 2.10. The van der Waals surface area contributed by atoms with E-state index < -0.39 is 10.0 Å². The average Bonchev–Trinajstić information content (AvgIpc) is 2.45. The molecule has 0 aliphatic carbocycles. The molecular weight excluding hydrogens is 338 g/mol. The molecule has 0 saturated carbocycles. The molecule has 0 spiro atoms. The van der Waals surface area contributed by atoms with Crippen molar-refractivity contribution in [1.29, 1.82) is 0 Å². The Labute approximate surface area is 144 Å². The molecule has 1 rings (SSSR count). The number of likely N-dealkylation sites (N-methyl/N-ethyl adjacent to an activating group) is 1. The van der Waals surface area contributed by atoms with Crippen LogP contribution in [0.5, 0.6) is 0 Å². The Morgan fingerprint density at radius 1 is 1.17 bits per heavy atom. The van der Waals surface area contributed by atoms with Gasteiger partial charge >= 0.3 is 0 Å². The van der Waals surface area contributed by atoms with Crippen LogP contribution in [0.4, 0.5) is 5.69 Å². The summed E-state index contributed by atoms with van der Waals surface area (Å²) in [6, 6.07) is 6.61. The summed E-state index contributed by atoms with van der Waals surface area (Å²) in [7, 11) is -3.30. The van der Waals surface area contributed by atoms with Crippen LogP contribution >= 0.6 is 12.4 Å². The van der Waals surface area contributed by atoms with E-state index in [0.717, 1.165) is 6.54 Å². The van der Waals surface area contributed by atoms with Crippen LogP contribution in [0.2, 0.25) is 0 Å². The highest BCUT2D eigenvalue weighted by atomic mass is 35.5. The lowest BCUT2D eigenvalue weighted by molar-refractivity contribution is 0.0950. The van der Waals surface area contributed by atoms with Gasteiger partial charge in [0, 0.05) is 23.8 Å². The fourth-order valence-corrected chi connectivity index (χ4v) is 3.09. The number of sulfonamides is 1. The molecule has 6 nitrogen and oxygen atoms in total. The van der Waals surface area contributed by atoms with E-state index in [-0.39, 0.29) is 30.1 Å². The van der Waals surface area contributed by atoms with Crippen molar-refractivity contribution in [3.63, 3.8) is 0 Å².